The third kappa shape index (κ3) is 6.26. The van der Waals surface area contributed by atoms with E-state index in [1.54, 1.807) is 0 Å². The smallest absolute Gasteiger partial charge is 0.160 e. The molecule has 0 amide bonds. The summed E-state index contributed by atoms with van der Waals surface area (Å²) < 4.78 is 0. The molecule has 0 spiro atoms. The molecule has 0 aromatic heterocycles. The molecule has 0 unspecified atom stereocenters. The van der Waals surface area contributed by atoms with Gasteiger partial charge in [0.25, 0.3) is 0 Å². The number of Topliss-reactive ketones (excluding diaryl/α,β-unsaturated/α-hetero) is 1. The van der Waals surface area contributed by atoms with Gasteiger partial charge < -0.3 is 5.32 Å². The molecule has 0 fully saturated rings. The van der Waals surface area contributed by atoms with Gasteiger partial charge in [0, 0.05) is 24.2 Å². The van der Waals surface area contributed by atoms with E-state index < -0.39 is 0 Å². The van der Waals surface area contributed by atoms with E-state index >= 15 is 0 Å². The Labute approximate surface area is 119 Å². The third-order valence-electron chi connectivity index (χ3n) is 4.03. The SMILES string of the molecule is CCCCCCCCCCNC1=C(CC)C(=O)CC1. The first-order valence-electron chi connectivity index (χ1n) is 8.28. The summed E-state index contributed by atoms with van der Waals surface area (Å²) in [5.41, 5.74) is 2.29. The number of allylic oxidation sites excluding steroid dienone is 2. The van der Waals surface area contributed by atoms with Crippen LogP contribution in [0.5, 0.6) is 0 Å². The Bertz CT molecular complexity index is 294. The lowest BCUT2D eigenvalue weighted by molar-refractivity contribution is -0.115. The van der Waals surface area contributed by atoms with Crippen molar-refractivity contribution in [1.29, 1.82) is 0 Å². The van der Waals surface area contributed by atoms with Crippen molar-refractivity contribution in [2.75, 3.05) is 6.54 Å². The molecule has 0 saturated carbocycles. The number of hydrogen-bond acceptors (Lipinski definition) is 2. The summed E-state index contributed by atoms with van der Waals surface area (Å²) in [5.74, 6) is 0.362. The van der Waals surface area contributed by atoms with E-state index in [0.29, 0.717) is 5.78 Å². The van der Waals surface area contributed by atoms with Gasteiger partial charge in [0.1, 0.15) is 0 Å². The molecule has 0 aromatic rings. The predicted molar refractivity (Wildman–Crippen MR) is 82.2 cm³/mol. The molecule has 2 nitrogen and oxygen atoms in total. The topological polar surface area (TPSA) is 29.1 Å². The predicted octanol–water partition coefficient (Wildman–Crippen LogP) is 4.74. The fourth-order valence-electron chi connectivity index (χ4n) is 2.81. The fraction of sp³-hybridized carbons (Fsp3) is 0.824. The van der Waals surface area contributed by atoms with E-state index in [0.717, 1.165) is 31.4 Å². The van der Waals surface area contributed by atoms with Crippen LogP contribution in [-0.2, 0) is 4.79 Å². The molecular formula is C17H31NO. The highest BCUT2D eigenvalue weighted by molar-refractivity contribution is 5.98. The van der Waals surface area contributed by atoms with Crippen LogP contribution in [-0.4, -0.2) is 12.3 Å². The van der Waals surface area contributed by atoms with Crippen molar-refractivity contribution in [2.24, 2.45) is 0 Å². The van der Waals surface area contributed by atoms with Crippen LogP contribution in [0.4, 0.5) is 0 Å². The van der Waals surface area contributed by atoms with Crippen LogP contribution in [0.1, 0.15) is 84.5 Å². The Morgan fingerprint density at radius 2 is 1.53 bits per heavy atom. The molecule has 0 aliphatic heterocycles. The summed E-state index contributed by atoms with van der Waals surface area (Å²) in [4.78, 5) is 11.6. The lowest BCUT2D eigenvalue weighted by Crippen LogP contribution is -2.15. The average molecular weight is 265 g/mol. The molecule has 2 heteroatoms. The van der Waals surface area contributed by atoms with Crippen LogP contribution >= 0.6 is 0 Å². The molecule has 1 aliphatic rings. The first kappa shape index (κ1) is 16.3. The molecule has 0 bridgehead atoms. The molecule has 110 valence electrons. The second-order valence-corrected chi connectivity index (χ2v) is 5.64. The van der Waals surface area contributed by atoms with Crippen LogP contribution in [0.25, 0.3) is 0 Å². The minimum absolute atomic E-state index is 0.362. The molecule has 0 atom stereocenters. The molecule has 0 heterocycles. The lowest BCUT2D eigenvalue weighted by Gasteiger charge is -2.08. The summed E-state index contributed by atoms with van der Waals surface area (Å²) in [6.07, 6.45) is 13.4. The van der Waals surface area contributed by atoms with Crippen molar-refractivity contribution >= 4 is 5.78 Å². The average Bonchev–Trinajstić information content (AvgIpc) is 2.77. The molecule has 1 rings (SSSR count). The molecule has 19 heavy (non-hydrogen) atoms. The largest absolute Gasteiger partial charge is 0.388 e. The Balaban J connectivity index is 1.99. The molecular weight excluding hydrogens is 234 g/mol. The zero-order chi connectivity index (χ0) is 13.9. The highest BCUT2D eigenvalue weighted by Gasteiger charge is 2.20. The van der Waals surface area contributed by atoms with Gasteiger partial charge in [-0.1, -0.05) is 58.8 Å². The zero-order valence-corrected chi connectivity index (χ0v) is 12.9. The van der Waals surface area contributed by atoms with Crippen LogP contribution in [0.2, 0.25) is 0 Å². The summed E-state index contributed by atoms with van der Waals surface area (Å²) in [6.45, 7) is 5.39. The standard InChI is InChI=1S/C17H31NO/c1-3-5-6-7-8-9-10-11-14-18-16-12-13-17(19)15(16)4-2/h18H,3-14H2,1-2H3. The Morgan fingerprint density at radius 1 is 0.895 bits per heavy atom. The van der Waals surface area contributed by atoms with Gasteiger partial charge in [0.15, 0.2) is 5.78 Å². The number of unbranched alkanes of at least 4 members (excludes halogenated alkanes) is 7. The number of carbonyl (C=O) groups excluding carboxylic acids is 1. The normalized spacial score (nSPS) is 15.4. The van der Waals surface area contributed by atoms with Crippen molar-refractivity contribution in [3.05, 3.63) is 11.3 Å². The van der Waals surface area contributed by atoms with Gasteiger partial charge >= 0.3 is 0 Å². The van der Waals surface area contributed by atoms with E-state index in [1.807, 2.05) is 0 Å². The van der Waals surface area contributed by atoms with Crippen molar-refractivity contribution in [2.45, 2.75) is 84.5 Å². The molecule has 1 aliphatic carbocycles. The van der Waals surface area contributed by atoms with Crippen LogP contribution < -0.4 is 5.32 Å². The lowest BCUT2D eigenvalue weighted by atomic mass is 10.1. The van der Waals surface area contributed by atoms with Gasteiger partial charge in [-0.3, -0.25) is 4.79 Å². The van der Waals surface area contributed by atoms with E-state index in [9.17, 15) is 4.79 Å². The Kier molecular flexibility index (Phi) is 8.61. The van der Waals surface area contributed by atoms with Crippen LogP contribution in [0, 0.1) is 0 Å². The number of hydrogen-bond donors (Lipinski definition) is 1. The Morgan fingerprint density at radius 3 is 2.16 bits per heavy atom. The summed E-state index contributed by atoms with van der Waals surface area (Å²) in [5, 5.41) is 3.48. The first-order chi connectivity index (χ1) is 9.29. The van der Waals surface area contributed by atoms with Gasteiger partial charge in [-0.2, -0.15) is 0 Å². The van der Waals surface area contributed by atoms with E-state index in [-0.39, 0.29) is 0 Å². The number of nitrogens with one attached hydrogen (secondary N) is 1. The van der Waals surface area contributed by atoms with Crippen molar-refractivity contribution in [3.8, 4) is 0 Å². The van der Waals surface area contributed by atoms with E-state index in [2.05, 4.69) is 19.2 Å². The van der Waals surface area contributed by atoms with Gasteiger partial charge in [-0.15, -0.1) is 0 Å². The van der Waals surface area contributed by atoms with Crippen LogP contribution in [0.3, 0.4) is 0 Å². The molecule has 0 radical (unpaired) electrons. The fourth-order valence-corrected chi connectivity index (χ4v) is 2.81. The maximum absolute atomic E-state index is 11.6. The van der Waals surface area contributed by atoms with Gasteiger partial charge in [0.2, 0.25) is 0 Å². The minimum atomic E-state index is 0.362. The van der Waals surface area contributed by atoms with Crippen molar-refractivity contribution in [3.63, 3.8) is 0 Å². The van der Waals surface area contributed by atoms with Gasteiger partial charge in [-0.05, 0) is 19.3 Å². The number of carbonyl (C=O) groups is 1. The number of rotatable bonds is 11. The summed E-state index contributed by atoms with van der Waals surface area (Å²) in [6, 6.07) is 0. The molecule has 0 saturated heterocycles. The van der Waals surface area contributed by atoms with Crippen molar-refractivity contribution < 1.29 is 4.79 Å². The highest BCUT2D eigenvalue weighted by atomic mass is 16.1. The maximum Gasteiger partial charge on any atom is 0.160 e. The van der Waals surface area contributed by atoms with Crippen molar-refractivity contribution in [1.82, 2.24) is 5.32 Å². The maximum atomic E-state index is 11.6. The van der Waals surface area contributed by atoms with E-state index in [1.165, 1.54) is 57.1 Å². The molecule has 0 aromatic carbocycles. The van der Waals surface area contributed by atoms with Crippen LogP contribution in [0.15, 0.2) is 11.3 Å². The quantitative estimate of drug-likeness (QED) is 0.546. The van der Waals surface area contributed by atoms with Gasteiger partial charge in [0.05, 0.1) is 0 Å². The first-order valence-corrected chi connectivity index (χ1v) is 8.28. The number of ketones is 1. The highest BCUT2D eigenvalue weighted by Crippen LogP contribution is 2.23. The monoisotopic (exact) mass is 265 g/mol. The second-order valence-electron chi connectivity index (χ2n) is 5.64. The zero-order valence-electron chi connectivity index (χ0n) is 12.9. The third-order valence-corrected chi connectivity index (χ3v) is 4.03. The summed E-state index contributed by atoms with van der Waals surface area (Å²) in [7, 11) is 0. The summed E-state index contributed by atoms with van der Waals surface area (Å²) >= 11 is 0. The van der Waals surface area contributed by atoms with E-state index in [4.69, 9.17) is 0 Å². The Hall–Kier alpha value is -0.790. The second kappa shape index (κ2) is 10.1. The minimum Gasteiger partial charge on any atom is -0.388 e. The van der Waals surface area contributed by atoms with Gasteiger partial charge in [-0.25, -0.2) is 0 Å². The molecule has 1 N–H and O–H groups in total.